The van der Waals surface area contributed by atoms with E-state index < -0.39 is 6.09 Å². The van der Waals surface area contributed by atoms with Gasteiger partial charge >= 0.3 is 18.0 Å². The van der Waals surface area contributed by atoms with Crippen LogP contribution in [0.1, 0.15) is 181 Å². The number of carbonyl (C=O) groups excluding carboxylic acids is 3. The number of amides is 1. The third kappa shape index (κ3) is 42.0. The van der Waals surface area contributed by atoms with Crippen LogP contribution in [0.4, 0.5) is 4.79 Å². The summed E-state index contributed by atoms with van der Waals surface area (Å²) in [5, 5.41) is 3.11. The van der Waals surface area contributed by atoms with Crippen molar-refractivity contribution in [2.24, 2.45) is 4.99 Å². The van der Waals surface area contributed by atoms with Gasteiger partial charge in [-0.05, 0) is 65.3 Å². The number of hydrogen-bond donors (Lipinski definition) is 1. The highest BCUT2D eigenvalue weighted by Gasteiger charge is 2.04. The Labute approximate surface area is 277 Å². The van der Waals surface area contributed by atoms with Gasteiger partial charge < -0.3 is 19.5 Å². The Bertz CT molecular complexity index is 659. The van der Waals surface area contributed by atoms with E-state index in [4.69, 9.17) is 14.2 Å². The maximum Gasteiger partial charge on any atom is 0.432 e. The molecule has 0 rings (SSSR count). The Morgan fingerprint density at radius 2 is 0.822 bits per heavy atom. The summed E-state index contributed by atoms with van der Waals surface area (Å²) >= 11 is 0. The fraction of sp³-hybridized carbons (Fsp3) is 0.892. The first-order valence-electron chi connectivity index (χ1n) is 18.6. The van der Waals surface area contributed by atoms with Gasteiger partial charge in [-0.3, -0.25) is 9.59 Å². The molecule has 1 amide bonds. The van der Waals surface area contributed by atoms with Crippen molar-refractivity contribution in [3.05, 3.63) is 0 Å². The molecule has 0 aromatic rings. The Balaban J connectivity index is 0. The lowest BCUT2D eigenvalue weighted by molar-refractivity contribution is -0.144. The van der Waals surface area contributed by atoms with Crippen LogP contribution in [0.2, 0.25) is 0 Å². The second kappa shape index (κ2) is 40.1. The van der Waals surface area contributed by atoms with Crippen molar-refractivity contribution in [2.45, 2.75) is 181 Å². The molecule has 0 radical (unpaired) electrons. The number of aliphatic imine (C=N–C) groups is 1. The number of nitrogens with zero attached hydrogens (tertiary/aromatic N) is 1. The summed E-state index contributed by atoms with van der Waals surface area (Å²) in [4.78, 5) is 36.8. The van der Waals surface area contributed by atoms with E-state index in [-0.39, 0.29) is 11.9 Å². The van der Waals surface area contributed by atoms with Gasteiger partial charge in [0.15, 0.2) is 0 Å². The molecule has 8 nitrogen and oxygen atoms in total. The zero-order valence-corrected chi connectivity index (χ0v) is 29.8. The Hall–Kier alpha value is -1.96. The quantitative estimate of drug-likeness (QED) is 0.0338. The molecular formula is C37H72N2O6. The fourth-order valence-electron chi connectivity index (χ4n) is 4.84. The number of ether oxygens (including phenoxy) is 3. The van der Waals surface area contributed by atoms with E-state index in [0.717, 1.165) is 64.3 Å². The SMILES string of the molecule is C=NC(=O)OCCCCCC(=O)OCCCCCCCCCCC.CCCCCCCCCCCOC(=O)CCCCCNC. The monoisotopic (exact) mass is 641 g/mol. The van der Waals surface area contributed by atoms with Crippen LogP contribution in [-0.2, 0) is 23.8 Å². The summed E-state index contributed by atoms with van der Waals surface area (Å²) in [6.45, 7) is 10.1. The normalized spacial score (nSPS) is 10.6. The second-order valence-electron chi connectivity index (χ2n) is 12.1. The molecule has 0 saturated heterocycles. The predicted octanol–water partition coefficient (Wildman–Crippen LogP) is 10.3. The van der Waals surface area contributed by atoms with Crippen molar-refractivity contribution >= 4 is 24.7 Å². The third-order valence-electron chi connectivity index (χ3n) is 7.71. The van der Waals surface area contributed by atoms with Crippen LogP contribution >= 0.6 is 0 Å². The largest absolute Gasteiger partial charge is 0.466 e. The lowest BCUT2D eigenvalue weighted by Crippen LogP contribution is -2.08. The summed E-state index contributed by atoms with van der Waals surface area (Å²) < 4.78 is 15.2. The molecule has 0 aliphatic rings. The van der Waals surface area contributed by atoms with E-state index in [0.29, 0.717) is 32.7 Å². The molecule has 0 spiro atoms. The first-order valence-corrected chi connectivity index (χ1v) is 18.6. The van der Waals surface area contributed by atoms with Gasteiger partial charge in [-0.2, -0.15) is 4.99 Å². The highest BCUT2D eigenvalue weighted by molar-refractivity contribution is 5.72. The van der Waals surface area contributed by atoms with Gasteiger partial charge in [-0.25, -0.2) is 4.79 Å². The summed E-state index contributed by atoms with van der Waals surface area (Å²) in [5.41, 5.74) is 0. The van der Waals surface area contributed by atoms with Crippen LogP contribution in [0, 0.1) is 0 Å². The molecule has 0 unspecified atom stereocenters. The van der Waals surface area contributed by atoms with Gasteiger partial charge in [-0.1, -0.05) is 123 Å². The number of rotatable bonds is 32. The summed E-state index contributed by atoms with van der Waals surface area (Å²) in [6, 6.07) is 0. The van der Waals surface area contributed by atoms with E-state index >= 15 is 0 Å². The number of esters is 2. The minimum absolute atomic E-state index is 0.0148. The van der Waals surface area contributed by atoms with Crippen LogP contribution in [0.25, 0.3) is 0 Å². The van der Waals surface area contributed by atoms with E-state index in [1.54, 1.807) is 0 Å². The molecule has 1 N–H and O–H groups in total. The second-order valence-corrected chi connectivity index (χ2v) is 12.1. The van der Waals surface area contributed by atoms with Crippen LogP contribution < -0.4 is 5.32 Å². The predicted molar refractivity (Wildman–Crippen MR) is 188 cm³/mol. The molecule has 0 aliphatic heterocycles. The van der Waals surface area contributed by atoms with Crippen LogP contribution in [0.5, 0.6) is 0 Å². The topological polar surface area (TPSA) is 103 Å². The lowest BCUT2D eigenvalue weighted by atomic mass is 10.1. The number of carbonyl (C=O) groups is 3. The Kier molecular flexibility index (Phi) is 40.2. The molecule has 266 valence electrons. The van der Waals surface area contributed by atoms with Crippen molar-refractivity contribution < 1.29 is 28.6 Å². The van der Waals surface area contributed by atoms with Gasteiger partial charge in [0.25, 0.3) is 0 Å². The van der Waals surface area contributed by atoms with Crippen LogP contribution in [0.15, 0.2) is 4.99 Å². The highest BCUT2D eigenvalue weighted by Crippen LogP contribution is 2.11. The van der Waals surface area contributed by atoms with Crippen LogP contribution in [-0.4, -0.2) is 58.2 Å². The Morgan fingerprint density at radius 1 is 0.489 bits per heavy atom. The first-order chi connectivity index (χ1) is 22.0. The van der Waals surface area contributed by atoms with E-state index in [9.17, 15) is 14.4 Å². The molecule has 0 bridgehead atoms. The molecule has 45 heavy (non-hydrogen) atoms. The molecule has 0 heterocycles. The summed E-state index contributed by atoms with van der Waals surface area (Å²) in [6.07, 6.45) is 28.9. The highest BCUT2D eigenvalue weighted by atomic mass is 16.5. The molecule has 0 fully saturated rings. The Morgan fingerprint density at radius 3 is 1.20 bits per heavy atom. The van der Waals surface area contributed by atoms with Gasteiger partial charge in [0.2, 0.25) is 0 Å². The van der Waals surface area contributed by atoms with Crippen molar-refractivity contribution in [2.75, 3.05) is 33.4 Å². The summed E-state index contributed by atoms with van der Waals surface area (Å²) in [7, 11) is 1.96. The smallest absolute Gasteiger partial charge is 0.432 e. The molecule has 0 aromatic carbocycles. The zero-order chi connectivity index (χ0) is 33.5. The van der Waals surface area contributed by atoms with Crippen molar-refractivity contribution in [3.8, 4) is 0 Å². The molecule has 8 heteroatoms. The fourth-order valence-corrected chi connectivity index (χ4v) is 4.84. The minimum Gasteiger partial charge on any atom is -0.466 e. The van der Waals surface area contributed by atoms with Crippen molar-refractivity contribution in [1.29, 1.82) is 0 Å². The average molecular weight is 641 g/mol. The number of nitrogens with one attached hydrogen (secondary N) is 1. The molecule has 0 aromatic heterocycles. The number of unbranched alkanes of at least 4 members (excludes halogenated alkanes) is 20. The minimum atomic E-state index is -0.643. The van der Waals surface area contributed by atoms with Crippen LogP contribution in [0.3, 0.4) is 0 Å². The first kappa shape index (κ1) is 45.2. The van der Waals surface area contributed by atoms with Crippen molar-refractivity contribution in [1.82, 2.24) is 5.32 Å². The molecule has 0 atom stereocenters. The van der Waals surface area contributed by atoms with E-state index in [1.807, 2.05) is 7.05 Å². The maximum atomic E-state index is 11.5. The van der Waals surface area contributed by atoms with E-state index in [1.165, 1.54) is 96.3 Å². The standard InChI is InChI=1S/C19H35NO4.C18H37NO2/c1-3-4-5-6-7-8-9-10-13-16-23-18(21)15-12-11-14-17-24-19(22)20-2;1-3-4-5-6-7-8-9-10-14-17-21-18(20)15-12-11-13-16-19-2/h2-17H2,1H3;19H,3-17H2,1-2H3. The van der Waals surface area contributed by atoms with Gasteiger partial charge in [0.05, 0.1) is 19.8 Å². The van der Waals surface area contributed by atoms with E-state index in [2.05, 4.69) is 30.9 Å². The maximum absolute atomic E-state index is 11.5. The average Bonchev–Trinajstić information content (AvgIpc) is 3.04. The molecule has 0 aliphatic carbocycles. The molecule has 0 saturated carbocycles. The zero-order valence-electron chi connectivity index (χ0n) is 29.8. The molecular weight excluding hydrogens is 568 g/mol. The van der Waals surface area contributed by atoms with Gasteiger partial charge in [0.1, 0.15) is 0 Å². The van der Waals surface area contributed by atoms with Gasteiger partial charge in [-0.15, -0.1) is 0 Å². The third-order valence-corrected chi connectivity index (χ3v) is 7.71. The lowest BCUT2D eigenvalue weighted by Gasteiger charge is -2.05. The van der Waals surface area contributed by atoms with Crippen molar-refractivity contribution in [3.63, 3.8) is 0 Å². The number of hydrogen-bond acceptors (Lipinski definition) is 7. The summed E-state index contributed by atoms with van der Waals surface area (Å²) in [5.74, 6) is -0.140. The van der Waals surface area contributed by atoms with Gasteiger partial charge in [0, 0.05) is 12.8 Å².